The van der Waals surface area contributed by atoms with E-state index in [2.05, 4.69) is 38.8 Å². The molecule has 0 fully saturated rings. The summed E-state index contributed by atoms with van der Waals surface area (Å²) in [5.74, 6) is 0.0407. The molecule has 10 heteroatoms. The molecule has 1 unspecified atom stereocenters. The number of thiazole rings is 1. The van der Waals surface area contributed by atoms with Crippen molar-refractivity contribution in [2.24, 2.45) is 0 Å². The maximum atomic E-state index is 11.6. The van der Waals surface area contributed by atoms with Crippen molar-refractivity contribution in [3.05, 3.63) is 92.8 Å². The Labute approximate surface area is 214 Å². The maximum Gasteiger partial charge on any atom is 0.305 e. The van der Waals surface area contributed by atoms with Gasteiger partial charge in [0.25, 0.3) is 0 Å². The number of aromatic hydroxyl groups is 1. The van der Waals surface area contributed by atoms with Crippen molar-refractivity contribution in [2.45, 2.75) is 32.2 Å². The summed E-state index contributed by atoms with van der Waals surface area (Å²) in [5.41, 5.74) is 4.66. The van der Waals surface area contributed by atoms with Gasteiger partial charge in [-0.3, -0.25) is 15.1 Å². The van der Waals surface area contributed by atoms with Crippen molar-refractivity contribution in [1.82, 2.24) is 20.6 Å². The molecule has 2 aromatic heterocycles. The van der Waals surface area contributed by atoms with Gasteiger partial charge in [-0.05, 0) is 41.3 Å². The van der Waals surface area contributed by atoms with Crippen LogP contribution < -0.4 is 15.5 Å². The van der Waals surface area contributed by atoms with E-state index >= 15 is 0 Å². The number of aliphatic hydroxyl groups excluding tert-OH is 1. The minimum absolute atomic E-state index is 0. The molecule has 0 bridgehead atoms. The standard InChI is InChI=1S/C24H26N4O3S.2ClH/c29-20-8-7-18(23-22(20)28-24(31)32-23)13-21(30)27-11-9-16-4-3-5-17(12-16)14-25-15-19-6-1-2-10-26-19;;/h1-8,10,12,21,25,27,29-30H,9,11,13-15H2,(H,28,31);2*1H. The van der Waals surface area contributed by atoms with Crippen molar-refractivity contribution in [2.75, 3.05) is 6.54 Å². The van der Waals surface area contributed by atoms with Gasteiger partial charge in [-0.2, -0.15) is 0 Å². The third-order valence-electron chi connectivity index (χ3n) is 5.20. The molecule has 182 valence electrons. The molecular weight excluding hydrogens is 495 g/mol. The quantitative estimate of drug-likeness (QED) is 0.204. The second-order valence-corrected chi connectivity index (χ2v) is 8.61. The van der Waals surface area contributed by atoms with E-state index in [-0.39, 0.29) is 35.4 Å². The van der Waals surface area contributed by atoms with E-state index in [1.165, 1.54) is 11.1 Å². The molecular formula is C24H28Cl2N4O3S. The fourth-order valence-electron chi connectivity index (χ4n) is 3.63. The second kappa shape index (κ2) is 13.4. The topological polar surface area (TPSA) is 110 Å². The first-order valence-corrected chi connectivity index (χ1v) is 11.3. The molecule has 0 aliphatic rings. The Bertz CT molecular complexity index is 1230. The summed E-state index contributed by atoms with van der Waals surface area (Å²) >= 11 is 1.04. The average molecular weight is 523 g/mol. The van der Waals surface area contributed by atoms with Crippen molar-refractivity contribution < 1.29 is 10.2 Å². The summed E-state index contributed by atoms with van der Waals surface area (Å²) in [4.78, 5) is 18.4. The summed E-state index contributed by atoms with van der Waals surface area (Å²) in [6, 6.07) is 17.6. The van der Waals surface area contributed by atoms with Crippen LogP contribution in [0, 0.1) is 0 Å². The van der Waals surface area contributed by atoms with Crippen LogP contribution in [0.4, 0.5) is 0 Å². The fourth-order valence-corrected chi connectivity index (χ4v) is 4.51. The molecule has 0 saturated heterocycles. The van der Waals surface area contributed by atoms with E-state index in [0.29, 0.717) is 23.2 Å². The van der Waals surface area contributed by atoms with Crippen LogP contribution in [0.1, 0.15) is 22.4 Å². The van der Waals surface area contributed by atoms with E-state index in [4.69, 9.17) is 0 Å². The third kappa shape index (κ3) is 7.53. The molecule has 0 aliphatic heterocycles. The van der Waals surface area contributed by atoms with Crippen molar-refractivity contribution in [3.63, 3.8) is 0 Å². The van der Waals surface area contributed by atoms with Gasteiger partial charge in [0.05, 0.1) is 10.4 Å². The van der Waals surface area contributed by atoms with E-state index in [9.17, 15) is 15.0 Å². The molecule has 1 atom stereocenters. The summed E-state index contributed by atoms with van der Waals surface area (Å²) in [6.07, 6.45) is 2.18. The third-order valence-corrected chi connectivity index (χ3v) is 6.16. The number of nitrogens with one attached hydrogen (secondary N) is 3. The molecule has 34 heavy (non-hydrogen) atoms. The van der Waals surface area contributed by atoms with Gasteiger partial charge in [-0.25, -0.2) is 0 Å². The number of benzene rings is 2. The van der Waals surface area contributed by atoms with Crippen LogP contribution >= 0.6 is 36.2 Å². The van der Waals surface area contributed by atoms with Crippen LogP contribution in [0.15, 0.2) is 65.6 Å². The minimum Gasteiger partial charge on any atom is -0.506 e. The Kier molecular flexibility index (Phi) is 11.0. The number of rotatable bonds is 10. The predicted octanol–water partition coefficient (Wildman–Crippen LogP) is 3.52. The number of halogens is 2. The molecule has 0 radical (unpaired) electrons. The highest BCUT2D eigenvalue weighted by Gasteiger charge is 2.13. The van der Waals surface area contributed by atoms with Crippen LogP contribution in [-0.2, 0) is 25.9 Å². The molecule has 5 N–H and O–H groups in total. The first-order valence-electron chi connectivity index (χ1n) is 10.5. The lowest BCUT2D eigenvalue weighted by Crippen LogP contribution is -2.32. The number of nitrogens with zero attached hydrogens (tertiary/aromatic N) is 1. The average Bonchev–Trinajstić information content (AvgIpc) is 3.19. The summed E-state index contributed by atoms with van der Waals surface area (Å²) < 4.78 is 0.682. The van der Waals surface area contributed by atoms with Crippen LogP contribution in [0.5, 0.6) is 5.75 Å². The van der Waals surface area contributed by atoms with Gasteiger partial charge in [0.2, 0.25) is 0 Å². The number of aromatic nitrogens is 2. The largest absolute Gasteiger partial charge is 0.506 e. The van der Waals surface area contributed by atoms with E-state index in [1.54, 1.807) is 18.3 Å². The molecule has 0 amide bonds. The zero-order valence-corrected chi connectivity index (χ0v) is 20.8. The fraction of sp³-hybridized carbons (Fsp3) is 0.250. The SMILES string of the molecule is Cl.Cl.O=c1[nH]c2c(O)ccc(CC(O)NCCc3cccc(CNCc4ccccn4)c3)c2s1. The number of pyridine rings is 1. The first-order chi connectivity index (χ1) is 15.6. The molecule has 0 saturated carbocycles. The highest BCUT2D eigenvalue weighted by Crippen LogP contribution is 2.28. The molecule has 4 rings (SSSR count). The summed E-state index contributed by atoms with van der Waals surface area (Å²) in [6.45, 7) is 2.10. The van der Waals surface area contributed by atoms with Gasteiger partial charge in [0.15, 0.2) is 0 Å². The molecule has 0 spiro atoms. The Morgan fingerprint density at radius 1 is 1.03 bits per heavy atom. The number of fused-ring (bicyclic) bond motifs is 1. The van der Waals surface area contributed by atoms with Crippen LogP contribution in [0.25, 0.3) is 10.2 Å². The number of phenols is 1. The van der Waals surface area contributed by atoms with E-state index in [0.717, 1.165) is 42.1 Å². The lowest BCUT2D eigenvalue weighted by Gasteiger charge is -2.14. The normalized spacial score (nSPS) is 11.6. The number of H-pyrrole nitrogens is 1. The van der Waals surface area contributed by atoms with Crippen LogP contribution in [0.2, 0.25) is 0 Å². The summed E-state index contributed by atoms with van der Waals surface area (Å²) in [5, 5.41) is 26.9. The van der Waals surface area contributed by atoms with Gasteiger partial charge in [0.1, 0.15) is 17.5 Å². The van der Waals surface area contributed by atoms with Gasteiger partial charge < -0.3 is 20.5 Å². The van der Waals surface area contributed by atoms with Gasteiger partial charge in [-0.1, -0.05) is 47.7 Å². The summed E-state index contributed by atoms with van der Waals surface area (Å²) in [7, 11) is 0. The highest BCUT2D eigenvalue weighted by molar-refractivity contribution is 7.16. The number of hydrogen-bond donors (Lipinski definition) is 5. The Morgan fingerprint density at radius 3 is 2.65 bits per heavy atom. The van der Waals surface area contributed by atoms with Crippen molar-refractivity contribution in [3.8, 4) is 5.75 Å². The Morgan fingerprint density at radius 2 is 1.85 bits per heavy atom. The Hall–Kier alpha value is -2.46. The molecule has 4 aromatic rings. The zero-order valence-electron chi connectivity index (χ0n) is 18.4. The molecule has 7 nitrogen and oxygen atoms in total. The highest BCUT2D eigenvalue weighted by atomic mass is 35.5. The molecule has 2 heterocycles. The Balaban J connectivity index is 0.00000204. The molecule has 2 aromatic carbocycles. The second-order valence-electron chi connectivity index (χ2n) is 7.63. The predicted molar refractivity (Wildman–Crippen MR) is 141 cm³/mol. The number of hydrogen-bond acceptors (Lipinski definition) is 7. The van der Waals surface area contributed by atoms with Crippen LogP contribution in [-0.4, -0.2) is 33.0 Å². The maximum absolute atomic E-state index is 11.6. The number of aromatic amines is 1. The lowest BCUT2D eigenvalue weighted by atomic mass is 10.1. The number of phenolic OH excluding ortho intramolecular Hbond substituents is 1. The smallest absolute Gasteiger partial charge is 0.305 e. The van der Waals surface area contributed by atoms with Crippen molar-refractivity contribution >= 4 is 46.4 Å². The van der Waals surface area contributed by atoms with Crippen LogP contribution in [0.3, 0.4) is 0 Å². The lowest BCUT2D eigenvalue weighted by molar-refractivity contribution is 0.138. The van der Waals surface area contributed by atoms with Gasteiger partial charge >= 0.3 is 4.87 Å². The van der Waals surface area contributed by atoms with Gasteiger partial charge in [-0.15, -0.1) is 24.8 Å². The number of aliphatic hydroxyl groups is 1. The van der Waals surface area contributed by atoms with E-state index in [1.807, 2.05) is 24.3 Å². The van der Waals surface area contributed by atoms with Gasteiger partial charge in [0, 0.05) is 32.3 Å². The monoisotopic (exact) mass is 522 g/mol. The first kappa shape index (κ1) is 27.8. The minimum atomic E-state index is -0.747. The van der Waals surface area contributed by atoms with E-state index < -0.39 is 6.23 Å². The molecule has 0 aliphatic carbocycles. The zero-order chi connectivity index (χ0) is 22.3. The van der Waals surface area contributed by atoms with Crippen molar-refractivity contribution in [1.29, 1.82) is 0 Å².